The SMILES string of the molecule is COc1cccc(OC)c1Pc1cccc(-c2c(C)cccc2C)c1O. The zero-order valence-electron chi connectivity index (χ0n) is 15.5. The van der Waals surface area contributed by atoms with Crippen LogP contribution >= 0.6 is 8.58 Å². The maximum absolute atomic E-state index is 11.0. The van der Waals surface area contributed by atoms with E-state index in [1.165, 1.54) is 0 Å². The van der Waals surface area contributed by atoms with Gasteiger partial charge in [0, 0.05) is 10.9 Å². The van der Waals surface area contributed by atoms with Gasteiger partial charge in [-0.15, -0.1) is 0 Å². The fourth-order valence-electron chi connectivity index (χ4n) is 3.19. The third-order valence-electron chi connectivity index (χ3n) is 4.47. The zero-order valence-corrected chi connectivity index (χ0v) is 16.5. The number of phenolic OH excluding ortho intramolecular Hbond substituents is 1. The summed E-state index contributed by atoms with van der Waals surface area (Å²) in [7, 11) is 3.52. The Hall–Kier alpha value is -2.51. The van der Waals surface area contributed by atoms with Gasteiger partial charge in [0.25, 0.3) is 0 Å². The van der Waals surface area contributed by atoms with Crippen LogP contribution in [0.25, 0.3) is 11.1 Å². The van der Waals surface area contributed by atoms with Gasteiger partial charge in [-0.3, -0.25) is 0 Å². The topological polar surface area (TPSA) is 38.7 Å². The van der Waals surface area contributed by atoms with Crippen LogP contribution in [0.3, 0.4) is 0 Å². The Kier molecular flexibility index (Phi) is 5.49. The Morgan fingerprint density at radius 2 is 1.31 bits per heavy atom. The summed E-state index contributed by atoms with van der Waals surface area (Å²) in [5.41, 5.74) is 4.24. The van der Waals surface area contributed by atoms with E-state index in [1.54, 1.807) is 14.2 Å². The standard InChI is InChI=1S/C22H23O3P/c1-14-8-5-9-15(2)20(14)16-10-6-13-19(21(16)23)26-22-17(24-3)11-7-12-18(22)25-4/h5-13,23,26H,1-4H3. The molecule has 0 aliphatic carbocycles. The molecule has 0 aliphatic heterocycles. The number of hydrogen-bond acceptors (Lipinski definition) is 3. The van der Waals surface area contributed by atoms with Crippen molar-refractivity contribution in [3.63, 3.8) is 0 Å². The van der Waals surface area contributed by atoms with Crippen LogP contribution in [0.15, 0.2) is 54.6 Å². The van der Waals surface area contributed by atoms with Gasteiger partial charge in [0.05, 0.1) is 19.5 Å². The lowest BCUT2D eigenvalue weighted by Gasteiger charge is -2.16. The molecule has 0 aromatic heterocycles. The van der Waals surface area contributed by atoms with Crippen molar-refractivity contribution >= 4 is 19.2 Å². The molecule has 3 aromatic carbocycles. The Morgan fingerprint density at radius 3 is 1.88 bits per heavy atom. The van der Waals surface area contributed by atoms with Crippen molar-refractivity contribution in [1.82, 2.24) is 0 Å². The van der Waals surface area contributed by atoms with Gasteiger partial charge >= 0.3 is 0 Å². The predicted molar refractivity (Wildman–Crippen MR) is 110 cm³/mol. The molecule has 0 amide bonds. The number of ether oxygens (including phenoxy) is 2. The van der Waals surface area contributed by atoms with Crippen molar-refractivity contribution in [2.75, 3.05) is 14.2 Å². The van der Waals surface area contributed by atoms with Crippen LogP contribution < -0.4 is 20.1 Å². The average Bonchev–Trinajstić information content (AvgIpc) is 2.64. The molecule has 0 heterocycles. The smallest absolute Gasteiger partial charge is 0.131 e. The van der Waals surface area contributed by atoms with Crippen LogP contribution in [0.5, 0.6) is 17.2 Å². The van der Waals surface area contributed by atoms with Crippen LogP contribution in [-0.2, 0) is 0 Å². The maximum Gasteiger partial charge on any atom is 0.131 e. The molecule has 4 heteroatoms. The monoisotopic (exact) mass is 366 g/mol. The molecule has 1 unspecified atom stereocenters. The third kappa shape index (κ3) is 3.40. The van der Waals surface area contributed by atoms with Crippen LogP contribution in [0.2, 0.25) is 0 Å². The van der Waals surface area contributed by atoms with E-state index in [0.29, 0.717) is 5.75 Å². The highest BCUT2D eigenvalue weighted by Crippen LogP contribution is 2.36. The van der Waals surface area contributed by atoms with Gasteiger partial charge in [-0.1, -0.05) is 42.5 Å². The molecule has 0 fully saturated rings. The fourth-order valence-corrected chi connectivity index (χ4v) is 4.51. The minimum Gasteiger partial charge on any atom is -0.507 e. The second-order valence-corrected chi connectivity index (χ2v) is 7.42. The first-order valence-corrected chi connectivity index (χ1v) is 9.43. The van der Waals surface area contributed by atoms with Crippen molar-refractivity contribution in [2.24, 2.45) is 0 Å². The summed E-state index contributed by atoms with van der Waals surface area (Å²) in [5.74, 6) is 1.84. The first kappa shape index (κ1) is 18.3. The van der Waals surface area contributed by atoms with E-state index in [4.69, 9.17) is 9.47 Å². The van der Waals surface area contributed by atoms with E-state index in [1.807, 2.05) is 42.5 Å². The number of aryl methyl sites for hydroxylation is 2. The average molecular weight is 366 g/mol. The van der Waals surface area contributed by atoms with Crippen molar-refractivity contribution in [2.45, 2.75) is 13.8 Å². The molecule has 0 saturated heterocycles. The summed E-state index contributed by atoms with van der Waals surface area (Å²) in [6.07, 6.45) is 0. The van der Waals surface area contributed by atoms with Gasteiger partial charge in [-0.25, -0.2) is 0 Å². The highest BCUT2D eigenvalue weighted by Gasteiger charge is 2.16. The molecule has 3 nitrogen and oxygen atoms in total. The van der Waals surface area contributed by atoms with E-state index in [0.717, 1.165) is 44.4 Å². The summed E-state index contributed by atoms with van der Waals surface area (Å²) in [5, 5.41) is 12.8. The maximum atomic E-state index is 11.0. The van der Waals surface area contributed by atoms with Crippen LogP contribution in [0.4, 0.5) is 0 Å². The number of aromatic hydroxyl groups is 1. The van der Waals surface area contributed by atoms with Gasteiger partial charge < -0.3 is 14.6 Å². The Morgan fingerprint density at radius 1 is 0.769 bits per heavy atom. The normalized spacial score (nSPS) is 11.1. The Bertz CT molecular complexity index is 892. The number of rotatable bonds is 5. The molecule has 1 N–H and O–H groups in total. The van der Waals surface area contributed by atoms with Gasteiger partial charge in [0.2, 0.25) is 0 Å². The molecular formula is C22H23O3P. The molecular weight excluding hydrogens is 343 g/mol. The highest BCUT2D eigenvalue weighted by atomic mass is 31.1. The van der Waals surface area contributed by atoms with E-state index >= 15 is 0 Å². The minimum atomic E-state index is 0.222. The summed E-state index contributed by atoms with van der Waals surface area (Å²) in [6.45, 7) is 4.14. The molecule has 134 valence electrons. The number of methoxy groups -OCH3 is 2. The van der Waals surface area contributed by atoms with Crippen molar-refractivity contribution in [3.8, 4) is 28.4 Å². The molecule has 0 aliphatic rings. The van der Waals surface area contributed by atoms with Crippen molar-refractivity contribution in [1.29, 1.82) is 0 Å². The van der Waals surface area contributed by atoms with E-state index < -0.39 is 0 Å². The lowest BCUT2D eigenvalue weighted by Crippen LogP contribution is -2.10. The first-order chi connectivity index (χ1) is 12.6. The van der Waals surface area contributed by atoms with Crippen molar-refractivity contribution < 1.29 is 14.6 Å². The van der Waals surface area contributed by atoms with Gasteiger partial charge in [-0.2, -0.15) is 0 Å². The van der Waals surface area contributed by atoms with Gasteiger partial charge in [0.15, 0.2) is 0 Å². The summed E-state index contributed by atoms with van der Waals surface area (Å²) in [4.78, 5) is 0. The molecule has 1 atom stereocenters. The molecule has 0 spiro atoms. The van der Waals surface area contributed by atoms with E-state index in [-0.39, 0.29) is 8.58 Å². The van der Waals surface area contributed by atoms with E-state index in [2.05, 4.69) is 26.0 Å². The van der Waals surface area contributed by atoms with Gasteiger partial charge in [0.1, 0.15) is 17.2 Å². The number of para-hydroxylation sites is 1. The van der Waals surface area contributed by atoms with Crippen LogP contribution in [0.1, 0.15) is 11.1 Å². The third-order valence-corrected chi connectivity index (χ3v) is 5.89. The molecule has 26 heavy (non-hydrogen) atoms. The second-order valence-electron chi connectivity index (χ2n) is 6.13. The lowest BCUT2D eigenvalue weighted by atomic mass is 9.95. The van der Waals surface area contributed by atoms with Gasteiger partial charge in [-0.05, 0) is 51.3 Å². The first-order valence-electron chi connectivity index (χ1n) is 8.43. The predicted octanol–water partition coefficient (Wildman–Crippen LogP) is 4.32. The van der Waals surface area contributed by atoms with Crippen LogP contribution in [0, 0.1) is 13.8 Å². The number of benzene rings is 3. The Balaban J connectivity index is 2.10. The zero-order chi connectivity index (χ0) is 18.7. The molecule has 0 bridgehead atoms. The fraction of sp³-hybridized carbons (Fsp3) is 0.182. The molecule has 0 saturated carbocycles. The Labute approximate surface area is 156 Å². The molecule has 0 radical (unpaired) electrons. The molecule has 3 rings (SSSR count). The summed E-state index contributed by atoms with van der Waals surface area (Å²) >= 11 is 0. The summed E-state index contributed by atoms with van der Waals surface area (Å²) in [6, 6.07) is 17.8. The second kappa shape index (κ2) is 7.80. The largest absolute Gasteiger partial charge is 0.507 e. The lowest BCUT2D eigenvalue weighted by molar-refractivity contribution is 0.401. The minimum absolute atomic E-state index is 0.222. The molecule has 3 aromatic rings. The number of phenols is 1. The quantitative estimate of drug-likeness (QED) is 0.684. The van der Waals surface area contributed by atoms with Crippen LogP contribution in [-0.4, -0.2) is 19.3 Å². The summed E-state index contributed by atoms with van der Waals surface area (Å²) < 4.78 is 11.0. The van der Waals surface area contributed by atoms with Crippen molar-refractivity contribution in [3.05, 3.63) is 65.7 Å². The number of hydrogen-bond donors (Lipinski definition) is 1. The highest BCUT2D eigenvalue weighted by molar-refractivity contribution is 7.56. The van der Waals surface area contributed by atoms with E-state index in [9.17, 15) is 5.11 Å².